The third kappa shape index (κ3) is 14.3. The van der Waals surface area contributed by atoms with Gasteiger partial charge in [-0.05, 0) is 101 Å². The summed E-state index contributed by atoms with van der Waals surface area (Å²) in [6.45, 7) is 15.3. The lowest BCUT2D eigenvalue weighted by Gasteiger charge is -2.42. The van der Waals surface area contributed by atoms with E-state index < -0.39 is 71.8 Å². The van der Waals surface area contributed by atoms with E-state index in [0.717, 1.165) is 17.6 Å². The van der Waals surface area contributed by atoms with E-state index in [-0.39, 0.29) is 66.6 Å². The predicted molar refractivity (Wildman–Crippen MR) is 248 cm³/mol. The summed E-state index contributed by atoms with van der Waals surface area (Å²) in [6.07, 6.45) is 14.0. The van der Waals surface area contributed by atoms with Gasteiger partial charge in [0.05, 0.1) is 24.4 Å². The molecule has 3 aliphatic heterocycles. The normalized spacial score (nSPS) is 39.1. The number of Topliss-reactive ketones (excluding diaryl/α,β-unsaturated/α-hetero) is 3. The average Bonchev–Trinajstić information content (AvgIpc) is 3.28. The topological polar surface area (TPSA) is 175 Å². The zero-order chi connectivity index (χ0) is 48.2. The molecule has 2 saturated heterocycles. The van der Waals surface area contributed by atoms with E-state index in [1.165, 1.54) is 12.0 Å². The lowest BCUT2D eigenvalue weighted by atomic mass is 9.78. The van der Waals surface area contributed by atoms with Crippen LogP contribution in [0.15, 0.2) is 47.6 Å². The van der Waals surface area contributed by atoms with Gasteiger partial charge in [0, 0.05) is 64.4 Å². The summed E-state index contributed by atoms with van der Waals surface area (Å²) >= 11 is 0. The van der Waals surface area contributed by atoms with Crippen LogP contribution in [0.4, 0.5) is 0 Å². The number of nitrogens with zero attached hydrogens (tertiary/aromatic N) is 1. The van der Waals surface area contributed by atoms with Gasteiger partial charge in [-0.25, -0.2) is 4.79 Å². The first-order valence-corrected chi connectivity index (χ1v) is 24.2. The zero-order valence-corrected chi connectivity index (χ0v) is 41.2. The van der Waals surface area contributed by atoms with Crippen LogP contribution in [0.5, 0.6) is 0 Å². The summed E-state index contributed by atoms with van der Waals surface area (Å²) in [5.74, 6) is -7.31. The van der Waals surface area contributed by atoms with Gasteiger partial charge >= 0.3 is 5.97 Å². The van der Waals surface area contributed by atoms with Crippen LogP contribution in [0.3, 0.4) is 0 Å². The van der Waals surface area contributed by atoms with Gasteiger partial charge < -0.3 is 38.8 Å². The van der Waals surface area contributed by atoms with Gasteiger partial charge in [0.1, 0.15) is 24.0 Å². The fourth-order valence-corrected chi connectivity index (χ4v) is 10.3. The summed E-state index contributed by atoms with van der Waals surface area (Å²) in [7, 11) is 4.71. The molecular formula is C52H81NO12. The molecule has 0 aromatic rings. The van der Waals surface area contributed by atoms with E-state index in [2.05, 4.69) is 13.0 Å². The van der Waals surface area contributed by atoms with Crippen molar-refractivity contribution in [2.45, 2.75) is 181 Å². The molecular weight excluding hydrogens is 831 g/mol. The Hall–Kier alpha value is -3.33. The van der Waals surface area contributed by atoms with E-state index >= 15 is 0 Å². The maximum atomic E-state index is 14.4. The van der Waals surface area contributed by atoms with Gasteiger partial charge in [-0.2, -0.15) is 0 Å². The second-order valence-corrected chi connectivity index (χ2v) is 19.9. The highest BCUT2D eigenvalue weighted by Gasteiger charge is 2.53. The van der Waals surface area contributed by atoms with Crippen molar-refractivity contribution < 1.29 is 57.9 Å². The van der Waals surface area contributed by atoms with Gasteiger partial charge in [0.2, 0.25) is 5.79 Å². The minimum Gasteiger partial charge on any atom is -0.460 e. The van der Waals surface area contributed by atoms with Crippen LogP contribution in [0, 0.1) is 41.4 Å². The monoisotopic (exact) mass is 912 g/mol. The molecule has 3 fully saturated rings. The third-order valence-corrected chi connectivity index (χ3v) is 14.9. The Morgan fingerprint density at radius 3 is 2.25 bits per heavy atom. The van der Waals surface area contributed by atoms with Crippen molar-refractivity contribution in [3.8, 4) is 0 Å². The third-order valence-electron chi connectivity index (χ3n) is 14.9. The molecule has 1 amide bonds. The second kappa shape index (κ2) is 25.2. The molecule has 65 heavy (non-hydrogen) atoms. The van der Waals surface area contributed by atoms with Gasteiger partial charge in [-0.15, -0.1) is 0 Å². The summed E-state index contributed by atoms with van der Waals surface area (Å²) in [6, 6.07) is -1.11. The number of allylic oxidation sites excluding steroid dienone is 6. The molecule has 0 radical (unpaired) electrons. The number of methoxy groups -OCH3 is 3. The Bertz CT molecular complexity index is 1750. The number of fused-ring (bicyclic) bond motifs is 3. The number of cyclic esters (lactones) is 1. The number of piperidine rings is 1. The summed E-state index contributed by atoms with van der Waals surface area (Å²) in [4.78, 5) is 72.1. The van der Waals surface area contributed by atoms with Crippen LogP contribution >= 0.6 is 0 Å². The van der Waals surface area contributed by atoms with Gasteiger partial charge in [-0.1, -0.05) is 83.6 Å². The molecule has 1 aliphatic carbocycles. The maximum Gasteiger partial charge on any atom is 0.329 e. The molecule has 13 heteroatoms. The molecule has 3 heterocycles. The summed E-state index contributed by atoms with van der Waals surface area (Å²) in [5, 5.41) is 22.4. The van der Waals surface area contributed by atoms with Crippen LogP contribution in [0.25, 0.3) is 0 Å². The van der Waals surface area contributed by atoms with Crippen LogP contribution in [-0.4, -0.2) is 121 Å². The first-order chi connectivity index (χ1) is 30.7. The SMILES string of the molecule is CO[C@H]1C[C@@H]2CC[C@@H](C)[C@@](O)(O2)C(=O)C(=O)N2CCCCC2C(=O)O[C@H]([C@H](C)C[C@@H]2CC[C@@H](O)[C@H](OC)C2)CC(=O)[C@H](C)/C=C(\C)[C@@H](C)[C@@H](OC)C(=O)[C@H](C)C[C@H](C)/C=C/C=CC=C1C. The average molecular weight is 912 g/mol. The maximum absolute atomic E-state index is 14.4. The number of hydrogen-bond acceptors (Lipinski definition) is 12. The number of ether oxygens (including phenoxy) is 5. The van der Waals surface area contributed by atoms with E-state index in [9.17, 15) is 34.2 Å². The lowest BCUT2D eigenvalue weighted by molar-refractivity contribution is -0.265. The largest absolute Gasteiger partial charge is 0.460 e. The first-order valence-electron chi connectivity index (χ1n) is 24.2. The number of carbonyl (C=O) groups excluding carboxylic acids is 5. The highest BCUT2D eigenvalue weighted by atomic mass is 16.6. The number of ketones is 3. The van der Waals surface area contributed by atoms with Gasteiger partial charge in [-0.3, -0.25) is 19.2 Å². The Kier molecular flexibility index (Phi) is 21.0. The minimum absolute atomic E-state index is 0.00540. The fourth-order valence-electron chi connectivity index (χ4n) is 10.3. The molecule has 4 rings (SSSR count). The predicted octanol–water partition coefficient (Wildman–Crippen LogP) is 7.46. The molecule has 1 unspecified atom stereocenters. The quantitative estimate of drug-likeness (QED) is 0.153. The molecule has 366 valence electrons. The molecule has 4 aliphatic rings. The first kappa shape index (κ1) is 54.3. The van der Waals surface area contributed by atoms with Crippen molar-refractivity contribution in [1.82, 2.24) is 4.90 Å². The number of esters is 1. The molecule has 0 spiro atoms. The van der Waals surface area contributed by atoms with Crippen LogP contribution in [0.2, 0.25) is 0 Å². The molecule has 15 atom stereocenters. The molecule has 13 nitrogen and oxygen atoms in total. The van der Waals surface area contributed by atoms with E-state index in [0.29, 0.717) is 57.8 Å². The van der Waals surface area contributed by atoms with Crippen molar-refractivity contribution >= 4 is 29.2 Å². The van der Waals surface area contributed by atoms with E-state index in [1.54, 1.807) is 28.1 Å². The van der Waals surface area contributed by atoms with Gasteiger partial charge in [0.25, 0.3) is 11.7 Å². The Labute approximate surface area is 388 Å². The van der Waals surface area contributed by atoms with Crippen molar-refractivity contribution in [2.75, 3.05) is 27.9 Å². The number of hydrogen-bond donors (Lipinski definition) is 2. The van der Waals surface area contributed by atoms with Crippen LogP contribution in [-0.2, 0) is 47.7 Å². The van der Waals surface area contributed by atoms with E-state index in [4.69, 9.17) is 23.7 Å². The highest BCUT2D eigenvalue weighted by Crippen LogP contribution is 2.38. The minimum atomic E-state index is -2.41. The number of carbonyl (C=O) groups is 5. The fraction of sp³-hybridized carbons (Fsp3) is 0.750. The number of amides is 1. The Morgan fingerprint density at radius 1 is 0.846 bits per heavy atom. The Balaban J connectivity index is 1.70. The smallest absolute Gasteiger partial charge is 0.329 e. The highest BCUT2D eigenvalue weighted by molar-refractivity contribution is 6.39. The van der Waals surface area contributed by atoms with Crippen molar-refractivity contribution in [2.24, 2.45) is 41.4 Å². The Morgan fingerprint density at radius 2 is 1.57 bits per heavy atom. The van der Waals surface area contributed by atoms with E-state index in [1.807, 2.05) is 65.0 Å². The number of aliphatic hydroxyl groups is 2. The van der Waals surface area contributed by atoms with Crippen LogP contribution in [0.1, 0.15) is 132 Å². The number of rotatable bonds is 6. The van der Waals surface area contributed by atoms with Crippen molar-refractivity contribution in [3.63, 3.8) is 0 Å². The standard InChI is InChI=1S/C52H81NO12/c1-31-17-13-12-14-18-32(2)44(61-9)29-40-22-20-37(7)52(60,65-40)49(57)50(58)53-24-16-15-19-41(53)51(59)64-45(35(5)27-39-21-23-42(54)46(28-39)62-10)30-43(55)34(4)26-33(3)38(8)48(63-11)47(56)36(6)25-31/h12-14,17-18,26,31,34-42,44-46,48,54,60H,15-16,19-25,27-30H2,1-11H3/b14-12?,17-13+,32-18?,33-26+/t31-,34-,35-,36-,37-,38-,39+,40+,41?,42-,44+,45+,46-,48-,52-/m1/s1. The van der Waals surface area contributed by atoms with Gasteiger partial charge in [0.15, 0.2) is 5.78 Å². The van der Waals surface area contributed by atoms with Crippen LogP contribution < -0.4 is 0 Å². The second-order valence-electron chi connectivity index (χ2n) is 19.9. The lowest BCUT2D eigenvalue weighted by Crippen LogP contribution is -2.61. The summed E-state index contributed by atoms with van der Waals surface area (Å²) < 4.78 is 29.7. The number of aliphatic hydroxyl groups excluding tert-OH is 1. The summed E-state index contributed by atoms with van der Waals surface area (Å²) in [5.41, 5.74) is 1.73. The zero-order valence-electron chi connectivity index (χ0n) is 41.2. The molecule has 2 N–H and O–H groups in total. The van der Waals surface area contributed by atoms with Crippen molar-refractivity contribution in [3.05, 3.63) is 47.6 Å². The molecule has 0 aromatic heterocycles. The van der Waals surface area contributed by atoms with Crippen molar-refractivity contribution in [1.29, 1.82) is 0 Å². The molecule has 2 bridgehead atoms. The molecule has 1 saturated carbocycles. The molecule has 0 aromatic carbocycles.